The molecule has 2 N–H and O–H groups in total. The van der Waals surface area contributed by atoms with Gasteiger partial charge in [-0.25, -0.2) is 9.79 Å². The van der Waals surface area contributed by atoms with Crippen LogP contribution in [-0.2, 0) is 6.54 Å². The quantitative estimate of drug-likeness (QED) is 0.390. The van der Waals surface area contributed by atoms with Gasteiger partial charge in [0.1, 0.15) is 5.75 Å². The minimum absolute atomic E-state index is 0.227. The summed E-state index contributed by atoms with van der Waals surface area (Å²) in [5.41, 5.74) is 3.08. The summed E-state index contributed by atoms with van der Waals surface area (Å²) in [5.74, 6) is 0.532. The van der Waals surface area contributed by atoms with Gasteiger partial charge in [0.2, 0.25) is 0 Å². The molecule has 1 saturated heterocycles. The Bertz CT molecular complexity index is 1160. The van der Waals surface area contributed by atoms with Gasteiger partial charge in [-0.2, -0.15) is 0 Å². The maximum Gasteiger partial charge on any atom is 0.335 e. The largest absolute Gasteiger partial charge is 0.497 e. The molecule has 4 rings (SSSR count). The summed E-state index contributed by atoms with van der Waals surface area (Å²) in [6.45, 7) is 3.67. The molecule has 176 valence electrons. The van der Waals surface area contributed by atoms with E-state index in [9.17, 15) is 9.90 Å². The number of nitrogens with one attached hydrogen (secondary N) is 1. The van der Waals surface area contributed by atoms with E-state index in [1.165, 1.54) is 0 Å². The Labute approximate surface area is 204 Å². The molecule has 3 aromatic carbocycles. The highest BCUT2D eigenvalue weighted by Crippen LogP contribution is 2.21. The normalized spacial score (nSPS) is 14.1. The van der Waals surface area contributed by atoms with Gasteiger partial charge in [0.15, 0.2) is 5.96 Å². The number of halogens is 1. The lowest BCUT2D eigenvalue weighted by molar-refractivity contribution is 0.0697. The van der Waals surface area contributed by atoms with Crippen LogP contribution in [-0.4, -0.2) is 55.2 Å². The lowest BCUT2D eigenvalue weighted by Gasteiger charge is -2.37. The predicted octanol–water partition coefficient (Wildman–Crippen LogP) is 4.84. The summed E-state index contributed by atoms with van der Waals surface area (Å²) in [5, 5.41) is 13.4. The van der Waals surface area contributed by atoms with Crippen molar-refractivity contribution in [3.8, 4) is 5.75 Å². The molecule has 0 saturated carbocycles. The van der Waals surface area contributed by atoms with Crippen LogP contribution in [0, 0.1) is 0 Å². The number of piperazine rings is 1. The zero-order chi connectivity index (χ0) is 23.9. The number of nitrogens with zero attached hydrogens (tertiary/aromatic N) is 3. The summed E-state index contributed by atoms with van der Waals surface area (Å²) in [7, 11) is 1.64. The number of methoxy groups -OCH3 is 1. The smallest absolute Gasteiger partial charge is 0.335 e. The number of aromatic carboxylic acids is 1. The van der Waals surface area contributed by atoms with E-state index in [2.05, 4.69) is 15.1 Å². The first kappa shape index (κ1) is 23.4. The van der Waals surface area contributed by atoms with Gasteiger partial charge in [-0.05, 0) is 60.2 Å². The lowest BCUT2D eigenvalue weighted by atomic mass is 10.2. The van der Waals surface area contributed by atoms with Gasteiger partial charge in [-0.1, -0.05) is 29.8 Å². The molecule has 0 aromatic heterocycles. The average molecular weight is 479 g/mol. The Kier molecular flexibility index (Phi) is 7.54. The average Bonchev–Trinajstić information content (AvgIpc) is 2.87. The van der Waals surface area contributed by atoms with Gasteiger partial charge in [0.25, 0.3) is 0 Å². The van der Waals surface area contributed by atoms with E-state index in [1.807, 2.05) is 54.6 Å². The molecule has 8 heteroatoms. The van der Waals surface area contributed by atoms with Gasteiger partial charge in [0, 0.05) is 42.6 Å². The zero-order valence-corrected chi connectivity index (χ0v) is 19.7. The number of ether oxygens (including phenoxy) is 1. The highest BCUT2D eigenvalue weighted by molar-refractivity contribution is 6.30. The van der Waals surface area contributed by atoms with Crippen molar-refractivity contribution in [2.24, 2.45) is 4.99 Å². The van der Waals surface area contributed by atoms with Crippen LogP contribution in [0.15, 0.2) is 77.8 Å². The molecule has 0 atom stereocenters. The van der Waals surface area contributed by atoms with Crippen LogP contribution in [0.25, 0.3) is 0 Å². The van der Waals surface area contributed by atoms with Gasteiger partial charge < -0.3 is 25.0 Å². The van der Waals surface area contributed by atoms with Crippen LogP contribution in [0.5, 0.6) is 5.75 Å². The number of hydrogen-bond donors (Lipinski definition) is 2. The van der Waals surface area contributed by atoms with Crippen LogP contribution in [0.3, 0.4) is 0 Å². The molecule has 0 unspecified atom stereocenters. The number of anilines is 2. The summed E-state index contributed by atoms with van der Waals surface area (Å²) < 4.78 is 5.33. The highest BCUT2D eigenvalue weighted by atomic mass is 35.5. The Balaban J connectivity index is 1.52. The molecule has 0 amide bonds. The Hall–Kier alpha value is -3.71. The molecule has 7 nitrogen and oxygen atoms in total. The zero-order valence-electron chi connectivity index (χ0n) is 18.9. The predicted molar refractivity (Wildman–Crippen MR) is 136 cm³/mol. The Morgan fingerprint density at radius 1 is 1.03 bits per heavy atom. The van der Waals surface area contributed by atoms with E-state index in [0.29, 0.717) is 18.2 Å². The van der Waals surface area contributed by atoms with Crippen LogP contribution in [0.2, 0.25) is 5.02 Å². The first-order valence-electron chi connectivity index (χ1n) is 11.0. The third-order valence-electron chi connectivity index (χ3n) is 5.68. The molecule has 0 bridgehead atoms. The molecule has 1 aliphatic heterocycles. The molecule has 0 aliphatic carbocycles. The van der Waals surface area contributed by atoms with Crippen molar-refractivity contribution < 1.29 is 14.6 Å². The molecule has 0 radical (unpaired) electrons. The molecular weight excluding hydrogens is 452 g/mol. The standard InChI is InChI=1S/C26H27ClN4O3/c1-34-24-7-2-4-19(16-24)18-28-26(29-22-6-3-5-20(17-22)25(32)33)31-14-12-30(13-15-31)23-10-8-21(27)9-11-23/h2-11,16-17H,12-15,18H2,1H3,(H,28,29)(H,32,33). The number of aliphatic imine (C=N–C) groups is 1. The maximum atomic E-state index is 11.4. The second kappa shape index (κ2) is 10.9. The number of rotatable bonds is 6. The van der Waals surface area contributed by atoms with Crippen LogP contribution in [0.4, 0.5) is 11.4 Å². The molecule has 1 aliphatic rings. The molecule has 1 heterocycles. The van der Waals surface area contributed by atoms with Crippen molar-refractivity contribution >= 4 is 34.9 Å². The van der Waals surface area contributed by atoms with Crippen molar-refractivity contribution in [3.05, 3.63) is 88.9 Å². The van der Waals surface area contributed by atoms with Gasteiger partial charge in [-0.3, -0.25) is 0 Å². The SMILES string of the molecule is COc1cccc(CN=C(Nc2cccc(C(=O)O)c2)N2CCN(c3ccc(Cl)cc3)CC2)c1. The van der Waals surface area contributed by atoms with Crippen molar-refractivity contribution in [2.45, 2.75) is 6.54 Å². The molecular formula is C26H27ClN4O3. The van der Waals surface area contributed by atoms with Crippen molar-refractivity contribution in [1.29, 1.82) is 0 Å². The van der Waals surface area contributed by atoms with Crippen LogP contribution in [0.1, 0.15) is 15.9 Å². The fourth-order valence-electron chi connectivity index (χ4n) is 3.84. The topological polar surface area (TPSA) is 77.4 Å². The highest BCUT2D eigenvalue weighted by Gasteiger charge is 2.20. The Morgan fingerprint density at radius 3 is 2.47 bits per heavy atom. The van der Waals surface area contributed by atoms with Crippen molar-refractivity contribution in [3.63, 3.8) is 0 Å². The van der Waals surface area contributed by atoms with Gasteiger partial charge >= 0.3 is 5.97 Å². The molecule has 0 spiro atoms. The number of carboxylic acids is 1. The fraction of sp³-hybridized carbons (Fsp3) is 0.231. The summed E-state index contributed by atoms with van der Waals surface area (Å²) in [4.78, 5) is 20.8. The van der Waals surface area contributed by atoms with E-state index in [-0.39, 0.29) is 5.56 Å². The lowest BCUT2D eigenvalue weighted by Crippen LogP contribution is -2.50. The third kappa shape index (κ3) is 5.99. The van der Waals surface area contributed by atoms with Gasteiger partial charge in [0.05, 0.1) is 19.2 Å². The number of benzene rings is 3. The first-order valence-corrected chi connectivity index (χ1v) is 11.4. The van der Waals surface area contributed by atoms with E-state index >= 15 is 0 Å². The number of carbonyl (C=O) groups is 1. The van der Waals surface area contributed by atoms with E-state index in [4.69, 9.17) is 21.3 Å². The monoisotopic (exact) mass is 478 g/mol. The van der Waals surface area contributed by atoms with Crippen molar-refractivity contribution in [2.75, 3.05) is 43.5 Å². The van der Waals surface area contributed by atoms with Gasteiger partial charge in [-0.15, -0.1) is 0 Å². The minimum atomic E-state index is -0.963. The minimum Gasteiger partial charge on any atom is -0.497 e. The van der Waals surface area contributed by atoms with Crippen LogP contribution >= 0.6 is 11.6 Å². The molecule has 1 fully saturated rings. The van der Waals surface area contributed by atoms with Crippen molar-refractivity contribution in [1.82, 2.24) is 4.90 Å². The first-order chi connectivity index (χ1) is 16.5. The third-order valence-corrected chi connectivity index (χ3v) is 5.93. The number of guanidine groups is 1. The van der Waals surface area contributed by atoms with Crippen LogP contribution < -0.4 is 15.0 Å². The molecule has 3 aromatic rings. The Morgan fingerprint density at radius 2 is 1.76 bits per heavy atom. The molecule has 34 heavy (non-hydrogen) atoms. The summed E-state index contributed by atoms with van der Waals surface area (Å²) in [6, 6.07) is 22.5. The summed E-state index contributed by atoms with van der Waals surface area (Å²) in [6.07, 6.45) is 0. The second-order valence-electron chi connectivity index (χ2n) is 7.95. The maximum absolute atomic E-state index is 11.4. The van der Waals surface area contributed by atoms with E-state index in [0.717, 1.165) is 48.2 Å². The number of carboxylic acid groups (broad SMARTS) is 1. The fourth-order valence-corrected chi connectivity index (χ4v) is 3.97. The van der Waals surface area contributed by atoms with E-state index in [1.54, 1.807) is 25.3 Å². The van der Waals surface area contributed by atoms with E-state index < -0.39 is 5.97 Å². The number of hydrogen-bond acceptors (Lipinski definition) is 4. The summed E-state index contributed by atoms with van der Waals surface area (Å²) >= 11 is 6.03. The second-order valence-corrected chi connectivity index (χ2v) is 8.39.